The largest absolute Gasteiger partial charge is 0.459 e. The van der Waals surface area contributed by atoms with Gasteiger partial charge >= 0.3 is 0 Å². The number of nitrogens with one attached hydrogen (secondary N) is 1. The first kappa shape index (κ1) is 9.92. The van der Waals surface area contributed by atoms with Crippen LogP contribution in [0.3, 0.4) is 0 Å². The van der Waals surface area contributed by atoms with Crippen LogP contribution in [0.5, 0.6) is 0 Å². The van der Waals surface area contributed by atoms with E-state index in [4.69, 9.17) is 4.42 Å². The second-order valence-corrected chi connectivity index (χ2v) is 3.79. The van der Waals surface area contributed by atoms with Gasteiger partial charge in [0.1, 0.15) is 0 Å². The highest BCUT2D eigenvalue weighted by atomic mass is 32.1. The summed E-state index contributed by atoms with van der Waals surface area (Å²) in [4.78, 5) is 15.8. The third-order valence-electron chi connectivity index (χ3n) is 1.88. The summed E-state index contributed by atoms with van der Waals surface area (Å²) in [7, 11) is 0. The minimum absolute atomic E-state index is 0.267. The number of aryl methyl sites for hydroxylation is 1. The molecule has 1 N–H and O–H groups in total. The Morgan fingerprint density at radius 1 is 1.67 bits per heavy atom. The Labute approximate surface area is 90.9 Å². The van der Waals surface area contributed by atoms with Crippen molar-refractivity contribution in [2.45, 2.75) is 13.3 Å². The quantitative estimate of drug-likeness (QED) is 0.868. The number of hydrogen-bond donors (Lipinski definition) is 1. The molecule has 2 heterocycles. The maximum atomic E-state index is 11.5. The molecule has 0 spiro atoms. The Bertz CT molecular complexity index is 448. The van der Waals surface area contributed by atoms with Crippen molar-refractivity contribution in [2.24, 2.45) is 0 Å². The van der Waals surface area contributed by atoms with Gasteiger partial charge in [0.25, 0.3) is 5.91 Å². The number of amides is 1. The van der Waals surface area contributed by atoms with E-state index in [1.54, 1.807) is 12.1 Å². The zero-order chi connectivity index (χ0) is 10.7. The van der Waals surface area contributed by atoms with E-state index >= 15 is 0 Å². The molecule has 0 bridgehead atoms. The molecule has 0 atom stereocenters. The number of anilines is 1. The van der Waals surface area contributed by atoms with Gasteiger partial charge in [0.2, 0.25) is 0 Å². The molecule has 2 aromatic heterocycles. The number of furan rings is 1. The molecule has 5 heteroatoms. The van der Waals surface area contributed by atoms with Crippen LogP contribution in [0, 0.1) is 0 Å². The second kappa shape index (κ2) is 4.27. The molecule has 0 unspecified atom stereocenters. The van der Waals surface area contributed by atoms with E-state index in [0.717, 1.165) is 12.1 Å². The summed E-state index contributed by atoms with van der Waals surface area (Å²) in [6.07, 6.45) is 2.33. The van der Waals surface area contributed by atoms with Gasteiger partial charge < -0.3 is 4.42 Å². The van der Waals surface area contributed by atoms with Crippen LogP contribution < -0.4 is 5.32 Å². The first-order chi connectivity index (χ1) is 7.29. The zero-order valence-electron chi connectivity index (χ0n) is 8.19. The van der Waals surface area contributed by atoms with Crippen molar-refractivity contribution in [1.29, 1.82) is 0 Å². The fraction of sp³-hybridized carbons (Fsp3) is 0.200. The maximum absolute atomic E-state index is 11.5. The molecule has 0 aliphatic heterocycles. The van der Waals surface area contributed by atoms with Crippen LogP contribution in [0.1, 0.15) is 23.2 Å². The number of carbonyl (C=O) groups is 1. The predicted molar refractivity (Wildman–Crippen MR) is 58.2 cm³/mol. The topological polar surface area (TPSA) is 55.1 Å². The molecule has 2 rings (SSSR count). The Morgan fingerprint density at radius 2 is 2.53 bits per heavy atom. The summed E-state index contributed by atoms with van der Waals surface area (Å²) in [5.41, 5.74) is 0.981. The van der Waals surface area contributed by atoms with Gasteiger partial charge in [0, 0.05) is 5.38 Å². The summed E-state index contributed by atoms with van der Waals surface area (Å²) < 4.78 is 4.97. The second-order valence-electron chi connectivity index (χ2n) is 2.93. The lowest BCUT2D eigenvalue weighted by Crippen LogP contribution is -2.10. The zero-order valence-corrected chi connectivity index (χ0v) is 9.00. The molecule has 0 aliphatic rings. The van der Waals surface area contributed by atoms with Gasteiger partial charge in [-0.15, -0.1) is 11.3 Å². The smallest absolute Gasteiger partial charge is 0.293 e. The van der Waals surface area contributed by atoms with Crippen molar-refractivity contribution in [3.8, 4) is 0 Å². The summed E-state index contributed by atoms with van der Waals surface area (Å²) >= 11 is 1.42. The van der Waals surface area contributed by atoms with Gasteiger partial charge in [-0.05, 0) is 18.6 Å². The monoisotopic (exact) mass is 222 g/mol. The Hall–Kier alpha value is -1.62. The summed E-state index contributed by atoms with van der Waals surface area (Å²) in [5.74, 6) is 0.0280. The highest BCUT2D eigenvalue weighted by Gasteiger charge is 2.10. The molecule has 0 saturated carbocycles. The van der Waals surface area contributed by atoms with Crippen molar-refractivity contribution >= 4 is 22.4 Å². The lowest BCUT2D eigenvalue weighted by molar-refractivity contribution is 0.0996. The van der Waals surface area contributed by atoms with Crippen LogP contribution in [0.2, 0.25) is 0 Å². The van der Waals surface area contributed by atoms with Crippen molar-refractivity contribution in [2.75, 3.05) is 5.32 Å². The molecule has 78 valence electrons. The first-order valence-electron chi connectivity index (χ1n) is 4.59. The van der Waals surface area contributed by atoms with Crippen LogP contribution in [0.15, 0.2) is 28.2 Å². The average molecular weight is 222 g/mol. The number of aromatic nitrogens is 1. The summed E-state index contributed by atoms with van der Waals surface area (Å²) in [6.45, 7) is 2.02. The van der Waals surface area contributed by atoms with Gasteiger partial charge in [0.05, 0.1) is 12.0 Å². The van der Waals surface area contributed by atoms with E-state index in [2.05, 4.69) is 10.3 Å². The van der Waals surface area contributed by atoms with Gasteiger partial charge in [-0.25, -0.2) is 4.98 Å². The molecule has 0 fully saturated rings. The molecule has 0 saturated heterocycles. The van der Waals surface area contributed by atoms with Crippen molar-refractivity contribution < 1.29 is 9.21 Å². The first-order valence-corrected chi connectivity index (χ1v) is 5.47. The standard InChI is InChI=1S/C10H10N2O2S/c1-2-7-6-15-10(11-7)12-9(13)8-4-3-5-14-8/h3-6H,2H2,1H3,(H,11,12,13). The molecule has 15 heavy (non-hydrogen) atoms. The summed E-state index contributed by atoms with van der Waals surface area (Å²) in [6, 6.07) is 3.29. The molecule has 0 radical (unpaired) electrons. The highest BCUT2D eigenvalue weighted by molar-refractivity contribution is 7.13. The Morgan fingerprint density at radius 3 is 3.13 bits per heavy atom. The summed E-state index contributed by atoms with van der Waals surface area (Å²) in [5, 5.41) is 5.21. The minimum atomic E-state index is -0.267. The van der Waals surface area contributed by atoms with Gasteiger partial charge in [-0.3, -0.25) is 10.1 Å². The third-order valence-corrected chi connectivity index (χ3v) is 2.69. The molecular formula is C10H10N2O2S. The van der Waals surface area contributed by atoms with E-state index in [0.29, 0.717) is 10.9 Å². The van der Waals surface area contributed by atoms with E-state index in [1.807, 2.05) is 12.3 Å². The SMILES string of the molecule is CCc1csc(NC(=O)c2ccco2)n1. The van der Waals surface area contributed by atoms with E-state index in [9.17, 15) is 4.79 Å². The Kier molecular flexibility index (Phi) is 2.82. The van der Waals surface area contributed by atoms with Crippen molar-refractivity contribution in [3.63, 3.8) is 0 Å². The third kappa shape index (κ3) is 2.24. The maximum Gasteiger partial charge on any atom is 0.293 e. The van der Waals surface area contributed by atoms with Crippen LogP contribution in [-0.2, 0) is 6.42 Å². The van der Waals surface area contributed by atoms with E-state index < -0.39 is 0 Å². The van der Waals surface area contributed by atoms with E-state index in [-0.39, 0.29) is 5.91 Å². The number of nitrogens with zero attached hydrogens (tertiary/aromatic N) is 1. The van der Waals surface area contributed by atoms with Crippen LogP contribution >= 0.6 is 11.3 Å². The highest BCUT2D eigenvalue weighted by Crippen LogP contribution is 2.16. The number of carbonyl (C=O) groups excluding carboxylic acids is 1. The minimum Gasteiger partial charge on any atom is -0.459 e. The molecule has 4 nitrogen and oxygen atoms in total. The van der Waals surface area contributed by atoms with Crippen LogP contribution in [0.25, 0.3) is 0 Å². The molecule has 0 aromatic carbocycles. The van der Waals surface area contributed by atoms with Crippen LogP contribution in [-0.4, -0.2) is 10.9 Å². The van der Waals surface area contributed by atoms with Gasteiger partial charge in [0.15, 0.2) is 10.9 Å². The fourth-order valence-electron chi connectivity index (χ4n) is 1.09. The molecule has 1 amide bonds. The van der Waals surface area contributed by atoms with Gasteiger partial charge in [-0.1, -0.05) is 6.92 Å². The number of thiazole rings is 1. The lowest BCUT2D eigenvalue weighted by atomic mass is 10.4. The van der Waals surface area contributed by atoms with E-state index in [1.165, 1.54) is 17.6 Å². The molecular weight excluding hydrogens is 212 g/mol. The fourth-order valence-corrected chi connectivity index (χ4v) is 1.88. The van der Waals surface area contributed by atoms with Crippen molar-refractivity contribution in [3.05, 3.63) is 35.2 Å². The average Bonchev–Trinajstić information content (AvgIpc) is 2.87. The molecule has 0 aliphatic carbocycles. The van der Waals surface area contributed by atoms with Crippen LogP contribution in [0.4, 0.5) is 5.13 Å². The van der Waals surface area contributed by atoms with Crippen molar-refractivity contribution in [1.82, 2.24) is 4.98 Å². The Balaban J connectivity index is 2.06. The lowest BCUT2D eigenvalue weighted by Gasteiger charge is -1.96. The molecule has 2 aromatic rings. The number of rotatable bonds is 3. The predicted octanol–water partition coefficient (Wildman–Crippen LogP) is 2.55. The number of hydrogen-bond acceptors (Lipinski definition) is 4. The normalized spacial score (nSPS) is 10.2. The van der Waals surface area contributed by atoms with Gasteiger partial charge in [-0.2, -0.15) is 0 Å².